The molecular weight excluding hydrogens is 424 g/mol. The first-order valence-corrected chi connectivity index (χ1v) is 12.1. The molecule has 1 aliphatic carbocycles. The number of nitrogens with zero attached hydrogens (tertiary/aromatic N) is 2. The number of fused-ring (bicyclic) bond motifs is 1. The summed E-state index contributed by atoms with van der Waals surface area (Å²) in [5, 5.41) is 2.90. The minimum atomic E-state index is -0.717. The van der Waals surface area contributed by atoms with Gasteiger partial charge in [0.25, 0.3) is 5.91 Å². The average Bonchev–Trinajstić information content (AvgIpc) is 3.34. The highest BCUT2D eigenvalue weighted by Crippen LogP contribution is 2.37. The molecule has 0 saturated carbocycles. The summed E-state index contributed by atoms with van der Waals surface area (Å²) in [5.41, 5.74) is 4.88. The lowest BCUT2D eigenvalue weighted by Crippen LogP contribution is -2.31. The molecule has 0 saturated heterocycles. The number of unbranched alkanes of at least 4 members (excludes halogenated alkanes) is 2. The molecule has 5 rings (SSSR count). The minimum Gasteiger partial charge on any atom is -0.363 e. The second-order valence-corrected chi connectivity index (χ2v) is 8.85. The fraction of sp³-hybridized carbons (Fsp3) is 0.321. The van der Waals surface area contributed by atoms with Crippen LogP contribution in [0.1, 0.15) is 60.0 Å². The van der Waals surface area contributed by atoms with Gasteiger partial charge in [0.15, 0.2) is 5.82 Å². The summed E-state index contributed by atoms with van der Waals surface area (Å²) in [5.74, 6) is 0.598. The Kier molecular flexibility index (Phi) is 6.41. The van der Waals surface area contributed by atoms with Crippen LogP contribution in [0.3, 0.4) is 0 Å². The Labute approximate surface area is 200 Å². The van der Waals surface area contributed by atoms with Gasteiger partial charge < -0.3 is 15.0 Å². The Morgan fingerprint density at radius 3 is 2.79 bits per heavy atom. The zero-order valence-corrected chi connectivity index (χ0v) is 19.5. The number of amides is 1. The topological polar surface area (TPSA) is 79.9 Å². The number of benzene rings is 1. The molecule has 6 nitrogen and oxygen atoms in total. The van der Waals surface area contributed by atoms with Crippen LogP contribution in [0.2, 0.25) is 0 Å². The predicted molar refractivity (Wildman–Crippen MR) is 133 cm³/mol. The number of hydrogen-bond acceptors (Lipinski definition) is 4. The molecular formula is C28H30N4O2. The maximum Gasteiger partial charge on any atom is 0.253 e. The molecule has 1 aliphatic heterocycles. The van der Waals surface area contributed by atoms with Crippen LogP contribution >= 0.6 is 0 Å². The van der Waals surface area contributed by atoms with Gasteiger partial charge in [-0.25, -0.2) is 9.97 Å². The fourth-order valence-corrected chi connectivity index (χ4v) is 4.55. The van der Waals surface area contributed by atoms with E-state index in [1.165, 1.54) is 11.1 Å². The van der Waals surface area contributed by atoms with Crippen molar-refractivity contribution in [3.63, 3.8) is 0 Å². The molecule has 0 spiro atoms. The van der Waals surface area contributed by atoms with E-state index in [-0.39, 0.29) is 5.91 Å². The highest BCUT2D eigenvalue weighted by Gasteiger charge is 2.35. The van der Waals surface area contributed by atoms with Gasteiger partial charge in [0.05, 0.1) is 17.0 Å². The van der Waals surface area contributed by atoms with Crippen molar-refractivity contribution in [2.75, 3.05) is 13.2 Å². The van der Waals surface area contributed by atoms with Crippen molar-refractivity contribution in [2.45, 2.75) is 44.6 Å². The Hall–Kier alpha value is -3.51. The number of nitrogens with one attached hydrogen (secondary N) is 2. The number of hydrogen-bond donors (Lipinski definition) is 2. The molecule has 2 aliphatic rings. The van der Waals surface area contributed by atoms with Crippen LogP contribution in [0.5, 0.6) is 0 Å². The quantitative estimate of drug-likeness (QED) is 0.458. The number of carbonyl (C=O) groups excluding carboxylic acids is 1. The van der Waals surface area contributed by atoms with Crippen molar-refractivity contribution in [3.05, 3.63) is 89.5 Å². The molecule has 3 aromatic rings. The monoisotopic (exact) mass is 454 g/mol. The van der Waals surface area contributed by atoms with Gasteiger partial charge in [0.1, 0.15) is 5.60 Å². The van der Waals surface area contributed by atoms with E-state index >= 15 is 0 Å². The standard InChI is InChI=1S/C28H30N4O2/c1-2-3-7-18-34-28(14-10-21(11-15-28)20-8-5-4-6-9-20)27-30-17-13-24(32-27)25-19-22-23(31-25)12-16-29-26(22)33/h4-6,8-11,13-14,17,19,31H,2-3,7,12,15-16,18H2,1H3,(H,29,33). The third-order valence-electron chi connectivity index (χ3n) is 6.49. The maximum atomic E-state index is 12.2. The van der Waals surface area contributed by atoms with Crippen molar-refractivity contribution in [1.29, 1.82) is 0 Å². The lowest BCUT2D eigenvalue weighted by Gasteiger charge is -2.31. The maximum absolute atomic E-state index is 12.2. The molecule has 0 bridgehead atoms. The van der Waals surface area contributed by atoms with Crippen LogP contribution in [-0.4, -0.2) is 34.0 Å². The molecule has 34 heavy (non-hydrogen) atoms. The molecule has 1 unspecified atom stereocenters. The third kappa shape index (κ3) is 4.46. The molecule has 174 valence electrons. The van der Waals surface area contributed by atoms with E-state index in [1.54, 1.807) is 6.20 Å². The van der Waals surface area contributed by atoms with E-state index in [4.69, 9.17) is 9.72 Å². The van der Waals surface area contributed by atoms with E-state index in [2.05, 4.69) is 64.7 Å². The number of allylic oxidation sites excluding steroid dienone is 2. The van der Waals surface area contributed by atoms with E-state index in [1.807, 2.05) is 18.2 Å². The molecule has 1 aromatic carbocycles. The van der Waals surface area contributed by atoms with E-state index in [0.29, 0.717) is 31.0 Å². The first-order chi connectivity index (χ1) is 16.7. The first-order valence-electron chi connectivity index (χ1n) is 12.1. The summed E-state index contributed by atoms with van der Waals surface area (Å²) in [6.07, 6.45) is 12.9. The smallest absolute Gasteiger partial charge is 0.253 e. The molecule has 1 amide bonds. The molecule has 1 atom stereocenters. The minimum absolute atomic E-state index is 0.0393. The SMILES string of the molecule is CCCCCOC1(c2nccc(-c3cc4c([nH]3)CCNC4=O)n2)C=CC(c2ccccc2)=CC1. The van der Waals surface area contributed by atoms with Crippen LogP contribution in [-0.2, 0) is 16.8 Å². The summed E-state index contributed by atoms with van der Waals surface area (Å²) in [6.45, 7) is 3.49. The van der Waals surface area contributed by atoms with Gasteiger partial charge in [0.2, 0.25) is 0 Å². The lowest BCUT2D eigenvalue weighted by atomic mass is 9.88. The summed E-state index contributed by atoms with van der Waals surface area (Å²) >= 11 is 0. The molecule has 0 radical (unpaired) electrons. The van der Waals surface area contributed by atoms with Gasteiger partial charge in [-0.1, -0.05) is 62.2 Å². The van der Waals surface area contributed by atoms with Gasteiger partial charge in [0, 0.05) is 37.9 Å². The fourth-order valence-electron chi connectivity index (χ4n) is 4.55. The van der Waals surface area contributed by atoms with Crippen LogP contribution in [0.4, 0.5) is 0 Å². The van der Waals surface area contributed by atoms with Gasteiger partial charge in [-0.05, 0) is 35.8 Å². The van der Waals surface area contributed by atoms with Crippen LogP contribution in [0.15, 0.2) is 66.9 Å². The zero-order valence-electron chi connectivity index (χ0n) is 19.5. The molecule has 2 N–H and O–H groups in total. The number of ether oxygens (including phenoxy) is 1. The van der Waals surface area contributed by atoms with Gasteiger partial charge in [-0.15, -0.1) is 0 Å². The van der Waals surface area contributed by atoms with E-state index in [0.717, 1.165) is 42.8 Å². The van der Waals surface area contributed by atoms with Gasteiger partial charge >= 0.3 is 0 Å². The Morgan fingerprint density at radius 2 is 2.03 bits per heavy atom. The van der Waals surface area contributed by atoms with Crippen LogP contribution < -0.4 is 5.32 Å². The highest BCUT2D eigenvalue weighted by molar-refractivity contribution is 5.97. The summed E-state index contributed by atoms with van der Waals surface area (Å²) in [7, 11) is 0. The van der Waals surface area contributed by atoms with Crippen LogP contribution in [0, 0.1) is 0 Å². The van der Waals surface area contributed by atoms with Crippen LogP contribution in [0.25, 0.3) is 17.0 Å². The molecule has 0 fully saturated rings. The summed E-state index contributed by atoms with van der Waals surface area (Å²) in [4.78, 5) is 25.2. The molecule has 2 aromatic heterocycles. The predicted octanol–water partition coefficient (Wildman–Crippen LogP) is 5.20. The average molecular weight is 455 g/mol. The third-order valence-corrected chi connectivity index (χ3v) is 6.49. The van der Waals surface area contributed by atoms with E-state index in [9.17, 15) is 4.79 Å². The summed E-state index contributed by atoms with van der Waals surface area (Å²) in [6, 6.07) is 14.1. The number of rotatable bonds is 8. The van der Waals surface area contributed by atoms with Gasteiger partial charge in [-0.3, -0.25) is 4.79 Å². The molecule has 3 heterocycles. The number of H-pyrrole nitrogens is 1. The second kappa shape index (κ2) is 9.77. The molecule has 6 heteroatoms. The summed E-state index contributed by atoms with van der Waals surface area (Å²) < 4.78 is 6.50. The number of aromatic nitrogens is 3. The van der Waals surface area contributed by atoms with Crippen molar-refractivity contribution in [2.24, 2.45) is 0 Å². The van der Waals surface area contributed by atoms with Crippen molar-refractivity contribution in [3.8, 4) is 11.4 Å². The Balaban J connectivity index is 1.46. The van der Waals surface area contributed by atoms with Crippen molar-refractivity contribution in [1.82, 2.24) is 20.3 Å². The Bertz CT molecular complexity index is 1230. The zero-order chi connectivity index (χ0) is 23.4. The van der Waals surface area contributed by atoms with E-state index < -0.39 is 5.60 Å². The largest absolute Gasteiger partial charge is 0.363 e. The first kappa shape index (κ1) is 22.3. The van der Waals surface area contributed by atoms with Crippen molar-refractivity contribution < 1.29 is 9.53 Å². The number of carbonyl (C=O) groups is 1. The second-order valence-electron chi connectivity index (χ2n) is 8.85. The Morgan fingerprint density at radius 1 is 1.15 bits per heavy atom. The van der Waals surface area contributed by atoms with Crippen molar-refractivity contribution >= 4 is 11.5 Å². The lowest BCUT2D eigenvalue weighted by molar-refractivity contribution is -0.0191. The normalized spacial score (nSPS) is 19.4. The number of aromatic amines is 1. The van der Waals surface area contributed by atoms with Gasteiger partial charge in [-0.2, -0.15) is 0 Å². The highest BCUT2D eigenvalue weighted by atomic mass is 16.5.